The molecule has 2 aromatic rings. The molecule has 0 unspecified atom stereocenters. The Morgan fingerprint density at radius 1 is 1.07 bits per heavy atom. The summed E-state index contributed by atoms with van der Waals surface area (Å²) in [6.07, 6.45) is -5.34. The molecule has 9 heteroatoms. The fourth-order valence-corrected chi connectivity index (χ4v) is 3.18. The quantitative estimate of drug-likeness (QED) is 0.551. The van der Waals surface area contributed by atoms with Crippen LogP contribution >= 0.6 is 0 Å². The smallest absolute Gasteiger partial charge is 0.363 e. The molecule has 2 aromatic carbocycles. The molecule has 1 saturated heterocycles. The van der Waals surface area contributed by atoms with Crippen LogP contribution in [0.3, 0.4) is 0 Å². The zero-order valence-electron chi connectivity index (χ0n) is 14.5. The minimum absolute atomic E-state index is 0.0457. The van der Waals surface area contributed by atoms with Crippen molar-refractivity contribution in [3.8, 4) is 0 Å². The number of hydrogen-bond acceptors (Lipinski definition) is 3. The van der Waals surface area contributed by atoms with E-state index < -0.39 is 41.5 Å². The summed E-state index contributed by atoms with van der Waals surface area (Å²) in [7, 11) is 0. The Morgan fingerprint density at radius 2 is 1.64 bits per heavy atom. The number of aryl methyl sites for hydroxylation is 1. The van der Waals surface area contributed by atoms with Gasteiger partial charge in [0.2, 0.25) is 5.72 Å². The molecule has 0 spiro atoms. The normalized spacial score (nSPS) is 25.0. The van der Waals surface area contributed by atoms with Gasteiger partial charge in [-0.3, -0.25) is 4.79 Å². The van der Waals surface area contributed by atoms with Crippen molar-refractivity contribution in [1.82, 2.24) is 10.6 Å². The molecule has 1 fully saturated rings. The van der Waals surface area contributed by atoms with E-state index in [0.717, 1.165) is 29.8 Å². The second-order valence-corrected chi connectivity index (χ2v) is 6.60. The summed E-state index contributed by atoms with van der Waals surface area (Å²) in [6.45, 7) is 1.74. The van der Waals surface area contributed by atoms with Crippen LogP contribution in [0.2, 0.25) is 0 Å². The number of benzene rings is 2. The predicted octanol–water partition coefficient (Wildman–Crippen LogP) is 3.24. The van der Waals surface area contributed by atoms with Crippen molar-refractivity contribution in [3.63, 3.8) is 0 Å². The number of urea groups is 1. The summed E-state index contributed by atoms with van der Waals surface area (Å²) in [5, 5.41) is 14.1. The fourth-order valence-electron chi connectivity index (χ4n) is 3.18. The number of halogens is 4. The van der Waals surface area contributed by atoms with E-state index in [0.29, 0.717) is 0 Å². The lowest BCUT2D eigenvalue weighted by molar-refractivity contribution is -0.287. The van der Waals surface area contributed by atoms with Crippen LogP contribution in [0.5, 0.6) is 0 Å². The van der Waals surface area contributed by atoms with Crippen molar-refractivity contribution in [2.24, 2.45) is 5.92 Å². The Kier molecular flexibility index (Phi) is 4.88. The number of carbonyl (C=O) groups excluding carboxylic acids is 2. The van der Waals surface area contributed by atoms with Crippen LogP contribution in [0, 0.1) is 18.7 Å². The lowest BCUT2D eigenvalue weighted by atomic mass is 9.77. The van der Waals surface area contributed by atoms with Crippen molar-refractivity contribution in [3.05, 3.63) is 71.0 Å². The van der Waals surface area contributed by atoms with E-state index >= 15 is 0 Å². The summed E-state index contributed by atoms with van der Waals surface area (Å²) in [4.78, 5) is 24.9. The number of hydrogen-bond donors (Lipinski definition) is 3. The van der Waals surface area contributed by atoms with Crippen molar-refractivity contribution in [1.29, 1.82) is 0 Å². The number of amides is 2. The number of nitrogens with one attached hydrogen (secondary N) is 2. The molecule has 2 amide bonds. The lowest BCUT2D eigenvalue weighted by Gasteiger charge is -2.45. The van der Waals surface area contributed by atoms with Gasteiger partial charge in [0.25, 0.3) is 0 Å². The molecule has 3 N–H and O–H groups in total. The van der Waals surface area contributed by atoms with Gasteiger partial charge in [0.1, 0.15) is 11.7 Å². The maximum absolute atomic E-state index is 13.7. The Morgan fingerprint density at radius 3 is 2.18 bits per heavy atom. The highest BCUT2D eigenvalue weighted by molar-refractivity contribution is 6.00. The number of rotatable bonds is 3. The molecule has 0 aromatic heterocycles. The van der Waals surface area contributed by atoms with Gasteiger partial charge in [0.05, 0.1) is 6.04 Å². The van der Waals surface area contributed by atoms with E-state index in [-0.39, 0.29) is 11.1 Å². The summed E-state index contributed by atoms with van der Waals surface area (Å²) >= 11 is 0. The summed E-state index contributed by atoms with van der Waals surface area (Å²) < 4.78 is 54.4. The standard InChI is InChI=1S/C19H16F4N2O3/c1-10-2-4-12(5-3-10)16(26)14-15(11-6-8-13(20)9-7-11)24-17(27)25-18(14,28)19(21,22)23/h2-9,14-15,28H,1H3,(H2,24,25,27)/t14-,15+,18-/m0/s1. The third kappa shape index (κ3) is 3.45. The van der Waals surface area contributed by atoms with Crippen molar-refractivity contribution in [2.75, 3.05) is 0 Å². The molecular formula is C19H16F4N2O3. The average Bonchev–Trinajstić information content (AvgIpc) is 2.61. The molecular weight excluding hydrogens is 380 g/mol. The van der Waals surface area contributed by atoms with Gasteiger partial charge < -0.3 is 15.7 Å². The molecule has 0 aliphatic carbocycles. The average molecular weight is 396 g/mol. The summed E-state index contributed by atoms with van der Waals surface area (Å²) in [6, 6.07) is 7.21. The van der Waals surface area contributed by atoms with Gasteiger partial charge in [-0.05, 0) is 24.6 Å². The lowest BCUT2D eigenvalue weighted by Crippen LogP contribution is -2.72. The molecule has 3 rings (SSSR count). The van der Waals surface area contributed by atoms with Gasteiger partial charge in [-0.25, -0.2) is 9.18 Å². The molecule has 28 heavy (non-hydrogen) atoms. The Hall–Kier alpha value is -2.94. The molecule has 5 nitrogen and oxygen atoms in total. The maximum atomic E-state index is 13.7. The second kappa shape index (κ2) is 6.90. The highest BCUT2D eigenvalue weighted by Crippen LogP contribution is 2.43. The molecule has 0 bridgehead atoms. The number of ketones is 1. The van der Waals surface area contributed by atoms with Crippen molar-refractivity contribution < 1.29 is 32.3 Å². The van der Waals surface area contributed by atoms with E-state index in [1.165, 1.54) is 17.4 Å². The van der Waals surface area contributed by atoms with Crippen LogP contribution in [0.1, 0.15) is 27.5 Å². The number of alkyl halides is 3. The third-order valence-corrected chi connectivity index (χ3v) is 4.65. The fraction of sp³-hybridized carbons (Fsp3) is 0.263. The molecule has 3 atom stereocenters. The van der Waals surface area contributed by atoms with Crippen LogP contribution in [0.4, 0.5) is 22.4 Å². The highest BCUT2D eigenvalue weighted by atomic mass is 19.4. The van der Waals surface area contributed by atoms with E-state index in [9.17, 15) is 32.3 Å². The monoisotopic (exact) mass is 396 g/mol. The van der Waals surface area contributed by atoms with Crippen LogP contribution in [0.15, 0.2) is 48.5 Å². The second-order valence-electron chi connectivity index (χ2n) is 6.60. The van der Waals surface area contributed by atoms with Gasteiger partial charge in [-0.1, -0.05) is 42.0 Å². The zero-order chi connectivity index (χ0) is 20.7. The number of Topliss-reactive ketones (excluding diaryl/α,β-unsaturated/α-hetero) is 1. The maximum Gasteiger partial charge on any atom is 0.437 e. The van der Waals surface area contributed by atoms with Gasteiger partial charge in [0.15, 0.2) is 5.78 Å². The molecule has 1 aliphatic heterocycles. The van der Waals surface area contributed by atoms with Crippen molar-refractivity contribution >= 4 is 11.8 Å². The molecule has 0 saturated carbocycles. The highest BCUT2D eigenvalue weighted by Gasteiger charge is 2.66. The Labute approximate surface area is 157 Å². The molecule has 148 valence electrons. The van der Waals surface area contributed by atoms with Crippen LogP contribution in [-0.2, 0) is 0 Å². The van der Waals surface area contributed by atoms with Crippen LogP contribution in [0.25, 0.3) is 0 Å². The van der Waals surface area contributed by atoms with Gasteiger partial charge >= 0.3 is 12.2 Å². The van der Waals surface area contributed by atoms with E-state index in [1.54, 1.807) is 19.1 Å². The van der Waals surface area contributed by atoms with Gasteiger partial charge in [-0.15, -0.1) is 0 Å². The first kappa shape index (κ1) is 19.8. The van der Waals surface area contributed by atoms with E-state index in [2.05, 4.69) is 5.32 Å². The zero-order valence-corrected chi connectivity index (χ0v) is 14.5. The minimum atomic E-state index is -5.34. The van der Waals surface area contributed by atoms with Crippen LogP contribution < -0.4 is 10.6 Å². The minimum Gasteiger partial charge on any atom is -0.363 e. The number of carbonyl (C=O) groups is 2. The molecule has 0 radical (unpaired) electrons. The van der Waals surface area contributed by atoms with Crippen molar-refractivity contribution in [2.45, 2.75) is 24.9 Å². The first-order chi connectivity index (χ1) is 13.0. The molecule has 1 aliphatic rings. The Balaban J connectivity index is 2.15. The third-order valence-electron chi connectivity index (χ3n) is 4.65. The Bertz CT molecular complexity index is 897. The molecule has 1 heterocycles. The van der Waals surface area contributed by atoms with Crippen LogP contribution in [-0.4, -0.2) is 28.8 Å². The van der Waals surface area contributed by atoms with Gasteiger partial charge in [0, 0.05) is 5.56 Å². The largest absolute Gasteiger partial charge is 0.437 e. The first-order valence-electron chi connectivity index (χ1n) is 8.27. The SMILES string of the molecule is Cc1ccc(C(=O)[C@@H]2[C@@H](c3ccc(F)cc3)NC(=O)N[C@@]2(O)C(F)(F)F)cc1. The summed E-state index contributed by atoms with van der Waals surface area (Å²) in [5.74, 6) is -3.81. The van der Waals surface area contributed by atoms with E-state index in [4.69, 9.17) is 0 Å². The summed E-state index contributed by atoms with van der Waals surface area (Å²) in [5.41, 5.74) is -3.04. The van der Waals surface area contributed by atoms with Gasteiger partial charge in [-0.2, -0.15) is 13.2 Å². The number of aliphatic hydroxyl groups is 1. The topological polar surface area (TPSA) is 78.4 Å². The first-order valence-corrected chi connectivity index (χ1v) is 8.27. The predicted molar refractivity (Wildman–Crippen MR) is 90.8 cm³/mol. The van der Waals surface area contributed by atoms with E-state index in [1.807, 2.05) is 0 Å².